The van der Waals surface area contributed by atoms with Crippen molar-refractivity contribution in [3.8, 4) is 0 Å². The fraction of sp³-hybridized carbons (Fsp3) is 0.222. The zero-order valence-electron chi connectivity index (χ0n) is 13.3. The first-order chi connectivity index (χ1) is 11.6. The quantitative estimate of drug-likeness (QED) is 0.643. The number of hydrogen-bond acceptors (Lipinski definition) is 4. The van der Waals surface area contributed by atoms with Crippen LogP contribution in [0.4, 0.5) is 11.6 Å². The second-order valence-corrected chi connectivity index (χ2v) is 6.91. The molecule has 0 amide bonds. The van der Waals surface area contributed by atoms with E-state index in [1.807, 2.05) is 37.4 Å². The van der Waals surface area contributed by atoms with Crippen LogP contribution in [0.5, 0.6) is 0 Å². The van der Waals surface area contributed by atoms with Crippen LogP contribution in [-0.4, -0.2) is 14.6 Å². The number of nitrogens with one attached hydrogen (secondary N) is 1. The van der Waals surface area contributed by atoms with E-state index >= 15 is 0 Å². The van der Waals surface area contributed by atoms with E-state index in [-0.39, 0.29) is 5.60 Å². The lowest BCUT2D eigenvalue weighted by Gasteiger charge is -2.18. The number of allylic oxidation sites excluding steroid dienone is 1. The Bertz CT molecular complexity index is 912. The number of benzene rings is 1. The monoisotopic (exact) mass is 384 g/mol. The summed E-state index contributed by atoms with van der Waals surface area (Å²) in [6, 6.07) is 12.1. The van der Waals surface area contributed by atoms with E-state index in [1.165, 1.54) is 5.56 Å². The summed E-state index contributed by atoms with van der Waals surface area (Å²) in [5.41, 5.74) is 2.73. The van der Waals surface area contributed by atoms with E-state index in [0.717, 1.165) is 34.4 Å². The van der Waals surface area contributed by atoms with Gasteiger partial charge in [-0.05, 0) is 65.5 Å². The molecule has 1 aliphatic carbocycles. The van der Waals surface area contributed by atoms with Gasteiger partial charge in [-0.1, -0.05) is 18.7 Å². The molecule has 0 bridgehead atoms. The molecule has 1 saturated carbocycles. The molecular formula is C18H17BrN4O. The van der Waals surface area contributed by atoms with E-state index in [4.69, 9.17) is 4.74 Å². The first-order valence-electron chi connectivity index (χ1n) is 7.79. The summed E-state index contributed by atoms with van der Waals surface area (Å²) in [6.07, 6.45) is 3.94. The molecule has 1 aliphatic rings. The molecule has 2 aromatic heterocycles. The Morgan fingerprint density at radius 3 is 2.67 bits per heavy atom. The van der Waals surface area contributed by atoms with Gasteiger partial charge >= 0.3 is 0 Å². The Morgan fingerprint density at radius 1 is 1.29 bits per heavy atom. The highest BCUT2D eigenvalue weighted by Gasteiger charge is 2.47. The van der Waals surface area contributed by atoms with Crippen LogP contribution in [0.2, 0.25) is 0 Å². The van der Waals surface area contributed by atoms with Crippen LogP contribution in [-0.2, 0) is 10.3 Å². The van der Waals surface area contributed by atoms with Crippen molar-refractivity contribution < 1.29 is 4.74 Å². The van der Waals surface area contributed by atoms with Crippen LogP contribution in [0.15, 0.2) is 59.4 Å². The highest BCUT2D eigenvalue weighted by atomic mass is 79.9. The summed E-state index contributed by atoms with van der Waals surface area (Å²) in [4.78, 5) is 4.49. The summed E-state index contributed by atoms with van der Waals surface area (Å²) in [7, 11) is 0. The van der Waals surface area contributed by atoms with Gasteiger partial charge in [0.1, 0.15) is 5.60 Å². The number of pyridine rings is 1. The molecule has 0 unspecified atom stereocenters. The van der Waals surface area contributed by atoms with Crippen molar-refractivity contribution in [3.63, 3.8) is 0 Å². The SMILES string of the molecule is C=C(C)OC1(c2ccc(Nc3nc4c(Br)cccn4n3)cc2)CC1. The number of nitrogens with zero attached hydrogens (tertiary/aromatic N) is 3. The summed E-state index contributed by atoms with van der Waals surface area (Å²) in [5, 5.41) is 7.66. The van der Waals surface area contributed by atoms with E-state index in [2.05, 4.69) is 50.0 Å². The maximum absolute atomic E-state index is 5.90. The van der Waals surface area contributed by atoms with Crippen molar-refractivity contribution in [2.24, 2.45) is 0 Å². The van der Waals surface area contributed by atoms with Crippen molar-refractivity contribution in [1.29, 1.82) is 0 Å². The van der Waals surface area contributed by atoms with Gasteiger partial charge in [-0.3, -0.25) is 0 Å². The lowest BCUT2D eigenvalue weighted by molar-refractivity contribution is 0.0948. The molecule has 0 radical (unpaired) electrons. The fourth-order valence-corrected chi connectivity index (χ4v) is 3.23. The normalized spacial score (nSPS) is 15.2. The van der Waals surface area contributed by atoms with E-state index in [1.54, 1.807) is 4.52 Å². The zero-order chi connectivity index (χ0) is 16.7. The number of hydrogen-bond donors (Lipinski definition) is 1. The van der Waals surface area contributed by atoms with Gasteiger partial charge in [0.05, 0.1) is 10.2 Å². The number of aromatic nitrogens is 3. The van der Waals surface area contributed by atoms with Gasteiger partial charge in [0.15, 0.2) is 5.65 Å². The third-order valence-corrected chi connectivity index (χ3v) is 4.67. The molecule has 0 spiro atoms. The van der Waals surface area contributed by atoms with Crippen LogP contribution in [0, 0.1) is 0 Å². The average molecular weight is 385 g/mol. The number of halogens is 1. The molecular weight excluding hydrogens is 368 g/mol. The molecule has 122 valence electrons. The third kappa shape index (κ3) is 2.78. The van der Waals surface area contributed by atoms with E-state index in [9.17, 15) is 0 Å². The molecule has 24 heavy (non-hydrogen) atoms. The summed E-state index contributed by atoms with van der Waals surface area (Å²) < 4.78 is 8.55. The van der Waals surface area contributed by atoms with Crippen molar-refractivity contribution in [3.05, 3.63) is 65.0 Å². The fourth-order valence-electron chi connectivity index (χ4n) is 2.81. The molecule has 1 aromatic carbocycles. The second kappa shape index (κ2) is 5.63. The predicted molar refractivity (Wildman–Crippen MR) is 97.2 cm³/mol. The Kier molecular flexibility index (Phi) is 3.57. The van der Waals surface area contributed by atoms with Gasteiger partial charge in [-0.2, -0.15) is 4.98 Å². The Labute approximate surface area is 148 Å². The minimum atomic E-state index is -0.170. The maximum Gasteiger partial charge on any atom is 0.247 e. The van der Waals surface area contributed by atoms with Gasteiger partial charge in [-0.15, -0.1) is 5.10 Å². The summed E-state index contributed by atoms with van der Waals surface area (Å²) in [5.74, 6) is 1.32. The Morgan fingerprint density at radius 2 is 2.04 bits per heavy atom. The summed E-state index contributed by atoms with van der Waals surface area (Å²) in [6.45, 7) is 5.74. The average Bonchev–Trinajstić information content (AvgIpc) is 3.19. The first-order valence-corrected chi connectivity index (χ1v) is 8.58. The predicted octanol–water partition coefficient (Wildman–Crippen LogP) is 4.77. The van der Waals surface area contributed by atoms with Crippen LogP contribution in [0.25, 0.3) is 5.65 Å². The van der Waals surface area contributed by atoms with Crippen LogP contribution in [0.1, 0.15) is 25.3 Å². The molecule has 1 fully saturated rings. The molecule has 3 aromatic rings. The maximum atomic E-state index is 5.90. The van der Waals surface area contributed by atoms with Crippen LogP contribution < -0.4 is 5.32 Å². The molecule has 0 atom stereocenters. The Balaban J connectivity index is 1.55. The van der Waals surface area contributed by atoms with Crippen molar-refractivity contribution in [2.75, 3.05) is 5.32 Å². The standard InChI is InChI=1S/C18H17BrN4O/c1-12(2)24-18(9-10-18)13-5-7-14(8-6-13)20-17-21-16-15(19)4-3-11-23(16)22-17/h3-8,11H,1,9-10H2,2H3,(H,20,22). The zero-order valence-corrected chi connectivity index (χ0v) is 14.9. The Hall–Kier alpha value is -2.34. The molecule has 4 rings (SSSR count). The van der Waals surface area contributed by atoms with Gasteiger partial charge in [0.2, 0.25) is 5.95 Å². The van der Waals surface area contributed by atoms with E-state index < -0.39 is 0 Å². The summed E-state index contributed by atoms with van der Waals surface area (Å²) >= 11 is 3.48. The molecule has 1 N–H and O–H groups in total. The molecule has 5 nitrogen and oxygen atoms in total. The van der Waals surface area contributed by atoms with Gasteiger partial charge in [0, 0.05) is 11.9 Å². The highest BCUT2D eigenvalue weighted by Crippen LogP contribution is 2.50. The van der Waals surface area contributed by atoms with Gasteiger partial charge in [-0.25, -0.2) is 4.52 Å². The highest BCUT2D eigenvalue weighted by molar-refractivity contribution is 9.10. The van der Waals surface area contributed by atoms with Gasteiger partial charge in [0.25, 0.3) is 0 Å². The van der Waals surface area contributed by atoms with Crippen LogP contribution >= 0.6 is 15.9 Å². The largest absolute Gasteiger partial charge is 0.488 e. The smallest absolute Gasteiger partial charge is 0.247 e. The lowest BCUT2D eigenvalue weighted by Crippen LogP contribution is -2.10. The van der Waals surface area contributed by atoms with E-state index in [0.29, 0.717) is 5.95 Å². The lowest BCUT2D eigenvalue weighted by atomic mass is 10.1. The van der Waals surface area contributed by atoms with Crippen molar-refractivity contribution in [2.45, 2.75) is 25.4 Å². The molecule has 2 heterocycles. The topological polar surface area (TPSA) is 51.5 Å². The molecule has 0 aliphatic heterocycles. The molecule has 0 saturated heterocycles. The molecule has 6 heteroatoms. The van der Waals surface area contributed by atoms with Crippen LogP contribution in [0.3, 0.4) is 0 Å². The van der Waals surface area contributed by atoms with Crippen molar-refractivity contribution >= 4 is 33.2 Å². The number of ether oxygens (including phenoxy) is 1. The number of rotatable bonds is 5. The third-order valence-electron chi connectivity index (χ3n) is 4.06. The minimum Gasteiger partial charge on any atom is -0.488 e. The second-order valence-electron chi connectivity index (χ2n) is 6.06. The minimum absolute atomic E-state index is 0.170. The number of anilines is 2. The van der Waals surface area contributed by atoms with Crippen molar-refractivity contribution in [1.82, 2.24) is 14.6 Å². The first kappa shape index (κ1) is 15.2. The van der Waals surface area contributed by atoms with Gasteiger partial charge < -0.3 is 10.1 Å². The number of fused-ring (bicyclic) bond motifs is 1.